The molecule has 0 amide bonds. The van der Waals surface area contributed by atoms with Crippen LogP contribution >= 0.6 is 0 Å². The molecule has 0 bridgehead atoms. The molecule has 11 unspecified atom stereocenters. The fourth-order valence-corrected chi connectivity index (χ4v) is 10.5. The first kappa shape index (κ1) is 31.7. The Morgan fingerprint density at radius 2 is 1.45 bits per heavy atom. The molecule has 3 fully saturated rings. The SMILES string of the molecule is Cc1cccc(N2C3=CCC(C4=CC5C6C=CC=CC6N(N6C(C7=CCC(C)C=C7)NC6C6=CCC(C)C=C6)C5C=C4)C=C3C3C=CCCC32)c1. The maximum Gasteiger partial charge on any atom is 0.103 e. The van der Waals surface area contributed by atoms with Crippen molar-refractivity contribution >= 4 is 5.69 Å². The second-order valence-electron chi connectivity index (χ2n) is 16.6. The molecule has 0 spiro atoms. The fraction of sp³-hybridized carbons (Fsp3) is 0.404. The van der Waals surface area contributed by atoms with E-state index in [1.54, 1.807) is 5.57 Å². The molecule has 6 aliphatic carbocycles. The lowest BCUT2D eigenvalue weighted by atomic mass is 9.76. The second kappa shape index (κ2) is 12.6. The van der Waals surface area contributed by atoms with Crippen LogP contribution in [0.25, 0.3) is 0 Å². The zero-order valence-corrected chi connectivity index (χ0v) is 30.4. The summed E-state index contributed by atoms with van der Waals surface area (Å²) in [5.74, 6) is 2.98. The van der Waals surface area contributed by atoms with Gasteiger partial charge in [0, 0.05) is 41.1 Å². The van der Waals surface area contributed by atoms with E-state index in [0.29, 0.717) is 53.6 Å². The molecule has 9 aliphatic rings. The molecule has 10 rings (SSSR count). The minimum Gasteiger partial charge on any atom is -0.337 e. The third kappa shape index (κ3) is 5.28. The molecule has 3 aliphatic heterocycles. The highest BCUT2D eigenvalue weighted by molar-refractivity contribution is 5.66. The van der Waals surface area contributed by atoms with Crippen molar-refractivity contribution in [1.29, 1.82) is 0 Å². The van der Waals surface area contributed by atoms with E-state index in [1.807, 2.05) is 0 Å². The summed E-state index contributed by atoms with van der Waals surface area (Å²) >= 11 is 0. The van der Waals surface area contributed by atoms with Gasteiger partial charge < -0.3 is 4.90 Å². The van der Waals surface area contributed by atoms with Gasteiger partial charge in [-0.15, -0.1) is 0 Å². The van der Waals surface area contributed by atoms with Crippen molar-refractivity contribution in [3.63, 3.8) is 0 Å². The minimum absolute atomic E-state index is 0.187. The number of benzene rings is 1. The fourth-order valence-electron chi connectivity index (χ4n) is 10.5. The quantitative estimate of drug-likeness (QED) is 0.315. The summed E-state index contributed by atoms with van der Waals surface area (Å²) in [7, 11) is 0. The Hall–Kier alpha value is -3.96. The van der Waals surface area contributed by atoms with Crippen LogP contribution in [0, 0.1) is 42.4 Å². The third-order valence-corrected chi connectivity index (χ3v) is 13.2. The van der Waals surface area contributed by atoms with Gasteiger partial charge in [-0.2, -0.15) is 5.01 Å². The lowest BCUT2D eigenvalue weighted by molar-refractivity contribution is -0.173. The first-order valence-corrected chi connectivity index (χ1v) is 19.8. The molecule has 51 heavy (non-hydrogen) atoms. The molecular weight excluding hydrogens is 621 g/mol. The molecule has 1 N–H and O–H groups in total. The van der Waals surface area contributed by atoms with E-state index in [4.69, 9.17) is 0 Å². The van der Waals surface area contributed by atoms with E-state index >= 15 is 0 Å². The van der Waals surface area contributed by atoms with Crippen LogP contribution in [0.15, 0.2) is 156 Å². The van der Waals surface area contributed by atoms with Gasteiger partial charge >= 0.3 is 0 Å². The number of nitrogens with one attached hydrogen (secondary N) is 1. The van der Waals surface area contributed by atoms with Crippen molar-refractivity contribution in [2.45, 2.75) is 83.3 Å². The number of hydrogen-bond donors (Lipinski definition) is 1. The van der Waals surface area contributed by atoms with Gasteiger partial charge in [0.1, 0.15) is 12.3 Å². The van der Waals surface area contributed by atoms with Crippen LogP contribution in [0.2, 0.25) is 0 Å². The maximum atomic E-state index is 4.03. The average molecular weight is 673 g/mol. The van der Waals surface area contributed by atoms with E-state index in [1.165, 1.54) is 46.5 Å². The molecule has 4 heteroatoms. The van der Waals surface area contributed by atoms with Crippen molar-refractivity contribution in [3.05, 3.63) is 161 Å². The van der Waals surface area contributed by atoms with Gasteiger partial charge in [-0.05, 0) is 90.9 Å². The molecule has 0 saturated carbocycles. The normalized spacial score (nSPS) is 39.3. The largest absolute Gasteiger partial charge is 0.337 e. The molecule has 260 valence electrons. The third-order valence-electron chi connectivity index (χ3n) is 13.2. The number of allylic oxidation sites excluding steroid dienone is 12. The number of fused-ring (bicyclic) bond motifs is 6. The van der Waals surface area contributed by atoms with Gasteiger partial charge in [0.2, 0.25) is 0 Å². The average Bonchev–Trinajstić information content (AvgIpc) is 3.65. The predicted octanol–water partition coefficient (Wildman–Crippen LogP) is 9.40. The highest BCUT2D eigenvalue weighted by Crippen LogP contribution is 2.51. The van der Waals surface area contributed by atoms with Crippen LogP contribution in [-0.2, 0) is 0 Å². The molecule has 1 aromatic carbocycles. The molecule has 3 heterocycles. The van der Waals surface area contributed by atoms with Gasteiger partial charge in [-0.1, -0.05) is 129 Å². The van der Waals surface area contributed by atoms with Gasteiger partial charge in [0.05, 0.1) is 12.1 Å². The van der Waals surface area contributed by atoms with Crippen molar-refractivity contribution in [2.75, 3.05) is 4.90 Å². The summed E-state index contributed by atoms with van der Waals surface area (Å²) in [4.78, 5) is 2.67. The van der Waals surface area contributed by atoms with Gasteiger partial charge in [0.25, 0.3) is 0 Å². The summed E-state index contributed by atoms with van der Waals surface area (Å²) < 4.78 is 0. The van der Waals surface area contributed by atoms with E-state index in [-0.39, 0.29) is 12.3 Å². The standard InChI is InChI=1S/C47H52N4/c1-30-15-19-33(20-16-30)46-48-47(34-21-17-31(2)18-22-34)51(46)50-44-14-7-5-12-39(44)41-29-36(24-26-45(41)50)35-23-25-43-40(28-35)38-11-4-6-13-42(38)49(43)37-10-8-9-32(3)27-37/h4-5,7-12,14-15,17,19-22,24-31,35,38-39,41-42,44-48H,6,13,16,18,23H2,1-3H3. The van der Waals surface area contributed by atoms with Crippen molar-refractivity contribution < 1.29 is 0 Å². The van der Waals surface area contributed by atoms with Crippen LogP contribution in [0.1, 0.15) is 51.5 Å². The first-order chi connectivity index (χ1) is 25.0. The number of rotatable bonds is 5. The van der Waals surface area contributed by atoms with Gasteiger partial charge in [0.15, 0.2) is 0 Å². The van der Waals surface area contributed by atoms with E-state index < -0.39 is 0 Å². The van der Waals surface area contributed by atoms with E-state index in [9.17, 15) is 0 Å². The van der Waals surface area contributed by atoms with Crippen molar-refractivity contribution in [2.24, 2.45) is 35.5 Å². The lowest BCUT2D eigenvalue weighted by Gasteiger charge is -2.57. The first-order valence-electron chi connectivity index (χ1n) is 19.8. The Balaban J connectivity index is 0.972. The Morgan fingerprint density at radius 1 is 0.706 bits per heavy atom. The zero-order valence-electron chi connectivity index (χ0n) is 30.4. The van der Waals surface area contributed by atoms with E-state index in [0.717, 1.165) is 19.3 Å². The summed E-state index contributed by atoms with van der Waals surface area (Å²) in [5, 5.41) is 9.52. The van der Waals surface area contributed by atoms with Crippen LogP contribution in [-0.4, -0.2) is 40.5 Å². The van der Waals surface area contributed by atoms with Gasteiger partial charge in [-0.25, -0.2) is 5.01 Å². The Kier molecular flexibility index (Phi) is 7.85. The number of aryl methyl sites for hydroxylation is 1. The summed E-state index contributed by atoms with van der Waals surface area (Å²) in [5.41, 5.74) is 10.00. The zero-order chi connectivity index (χ0) is 34.2. The number of anilines is 1. The van der Waals surface area contributed by atoms with Gasteiger partial charge in [-0.3, -0.25) is 5.32 Å². The minimum atomic E-state index is 0.187. The Labute approximate surface area is 305 Å². The van der Waals surface area contributed by atoms with Crippen LogP contribution in [0.5, 0.6) is 0 Å². The highest BCUT2D eigenvalue weighted by Gasteiger charge is 2.55. The summed E-state index contributed by atoms with van der Waals surface area (Å²) in [6, 6.07) is 10.3. The van der Waals surface area contributed by atoms with E-state index in [2.05, 4.69) is 169 Å². The maximum absolute atomic E-state index is 4.03. The molecular formula is C47H52N4. The van der Waals surface area contributed by atoms with Crippen molar-refractivity contribution in [1.82, 2.24) is 15.3 Å². The second-order valence-corrected chi connectivity index (χ2v) is 16.6. The smallest absolute Gasteiger partial charge is 0.103 e. The number of hydrazine groups is 1. The Morgan fingerprint density at radius 3 is 2.20 bits per heavy atom. The molecule has 0 aromatic heterocycles. The topological polar surface area (TPSA) is 21.8 Å². The predicted molar refractivity (Wildman–Crippen MR) is 210 cm³/mol. The molecule has 11 atom stereocenters. The van der Waals surface area contributed by atoms with Crippen LogP contribution in [0.4, 0.5) is 5.69 Å². The number of nitrogens with zero attached hydrogens (tertiary/aromatic N) is 3. The van der Waals surface area contributed by atoms with Crippen LogP contribution in [0.3, 0.4) is 0 Å². The molecule has 1 aromatic rings. The Bertz CT molecular complexity index is 1900. The highest BCUT2D eigenvalue weighted by atomic mass is 15.8. The lowest BCUT2D eigenvalue weighted by Crippen LogP contribution is -2.76. The van der Waals surface area contributed by atoms with Crippen LogP contribution < -0.4 is 10.2 Å². The number of hydrogen-bond acceptors (Lipinski definition) is 4. The summed E-state index contributed by atoms with van der Waals surface area (Å²) in [6.45, 7) is 6.85. The molecule has 0 radical (unpaired) electrons. The molecule has 3 saturated heterocycles. The van der Waals surface area contributed by atoms with Crippen molar-refractivity contribution in [3.8, 4) is 0 Å². The monoisotopic (exact) mass is 672 g/mol. The molecule has 4 nitrogen and oxygen atoms in total. The summed E-state index contributed by atoms with van der Waals surface area (Å²) in [6.07, 6.45) is 48.0.